The number of nitrogens with zero attached hydrogens (tertiary/aromatic N) is 3. The Morgan fingerprint density at radius 1 is 1.30 bits per heavy atom. The lowest BCUT2D eigenvalue weighted by Crippen LogP contribution is -2.30. The van der Waals surface area contributed by atoms with E-state index in [1.807, 2.05) is 0 Å². The number of aryl methyl sites for hydroxylation is 1. The number of hydrogen-bond donors (Lipinski definition) is 1. The molecule has 0 spiro atoms. The normalized spacial score (nSPS) is 14.1. The van der Waals surface area contributed by atoms with Gasteiger partial charge < -0.3 is 14.3 Å². The van der Waals surface area contributed by atoms with Gasteiger partial charge in [0.05, 0.1) is 0 Å². The zero-order valence-corrected chi connectivity index (χ0v) is 13.6. The van der Waals surface area contributed by atoms with E-state index < -0.39 is 0 Å². The maximum Gasteiger partial charge on any atom is 0.323 e. The van der Waals surface area contributed by atoms with E-state index in [9.17, 15) is 4.79 Å². The molecule has 1 fully saturated rings. The lowest BCUT2D eigenvalue weighted by atomic mass is 10.2. The van der Waals surface area contributed by atoms with Crippen LogP contribution >= 0.6 is 0 Å². The number of rotatable bonds is 4. The summed E-state index contributed by atoms with van der Waals surface area (Å²) in [7, 11) is 1.76. The van der Waals surface area contributed by atoms with Crippen LogP contribution in [-0.2, 0) is 6.54 Å². The summed E-state index contributed by atoms with van der Waals surface area (Å²) in [5, 5.41) is 6.47. The predicted octanol–water partition coefficient (Wildman–Crippen LogP) is 3.25. The maximum atomic E-state index is 12.1. The van der Waals surface area contributed by atoms with Crippen molar-refractivity contribution in [2.45, 2.75) is 26.3 Å². The minimum absolute atomic E-state index is 0.207. The van der Waals surface area contributed by atoms with E-state index >= 15 is 0 Å². The second kappa shape index (κ2) is 6.73. The van der Waals surface area contributed by atoms with Crippen molar-refractivity contribution in [3.63, 3.8) is 0 Å². The van der Waals surface area contributed by atoms with Gasteiger partial charge in [-0.05, 0) is 37.5 Å². The zero-order chi connectivity index (χ0) is 16.2. The van der Waals surface area contributed by atoms with E-state index in [0.29, 0.717) is 18.1 Å². The van der Waals surface area contributed by atoms with Crippen LogP contribution < -0.4 is 10.2 Å². The van der Waals surface area contributed by atoms with Gasteiger partial charge >= 0.3 is 6.03 Å². The molecule has 3 rings (SSSR count). The topological polar surface area (TPSA) is 61.6 Å². The molecular weight excluding hydrogens is 292 g/mol. The molecule has 122 valence electrons. The van der Waals surface area contributed by atoms with E-state index in [2.05, 4.69) is 39.6 Å². The smallest absolute Gasteiger partial charge is 0.323 e. The van der Waals surface area contributed by atoms with Crippen LogP contribution in [0, 0.1) is 6.92 Å². The molecule has 1 N–H and O–H groups in total. The van der Waals surface area contributed by atoms with Gasteiger partial charge in [0.15, 0.2) is 5.82 Å². The second-order valence-corrected chi connectivity index (χ2v) is 5.97. The van der Waals surface area contributed by atoms with Gasteiger partial charge in [-0.3, -0.25) is 5.32 Å². The average molecular weight is 314 g/mol. The summed E-state index contributed by atoms with van der Waals surface area (Å²) in [5.41, 5.74) is 2.36. The Balaban J connectivity index is 1.56. The van der Waals surface area contributed by atoms with Crippen LogP contribution in [0.5, 0.6) is 0 Å². The standard InChI is InChI=1S/C17H22N4O2/c1-13-11-16(19-23-13)18-17(22)20(2)12-14-5-7-15(8-6-14)21-9-3-4-10-21/h5-8,11H,3-4,9-10,12H2,1-2H3,(H,18,19,22). The zero-order valence-electron chi connectivity index (χ0n) is 13.6. The summed E-state index contributed by atoms with van der Waals surface area (Å²) in [6.07, 6.45) is 2.54. The highest BCUT2D eigenvalue weighted by molar-refractivity contribution is 5.88. The fourth-order valence-electron chi connectivity index (χ4n) is 2.76. The van der Waals surface area contributed by atoms with Gasteiger partial charge in [-0.25, -0.2) is 4.79 Å². The van der Waals surface area contributed by atoms with Crippen molar-refractivity contribution >= 4 is 17.5 Å². The van der Waals surface area contributed by atoms with Crippen molar-refractivity contribution in [1.82, 2.24) is 10.1 Å². The first-order valence-corrected chi connectivity index (χ1v) is 7.91. The number of benzene rings is 1. The van der Waals surface area contributed by atoms with Crippen molar-refractivity contribution < 1.29 is 9.32 Å². The Morgan fingerprint density at radius 3 is 2.61 bits per heavy atom. The van der Waals surface area contributed by atoms with Crippen molar-refractivity contribution in [3.05, 3.63) is 41.7 Å². The minimum Gasteiger partial charge on any atom is -0.372 e. The highest BCUT2D eigenvalue weighted by Crippen LogP contribution is 2.21. The van der Waals surface area contributed by atoms with Gasteiger partial charge in [-0.2, -0.15) is 0 Å². The maximum absolute atomic E-state index is 12.1. The second-order valence-electron chi connectivity index (χ2n) is 5.97. The largest absolute Gasteiger partial charge is 0.372 e. The van der Waals surface area contributed by atoms with Crippen LogP contribution in [0.4, 0.5) is 16.3 Å². The van der Waals surface area contributed by atoms with Gasteiger partial charge in [-0.1, -0.05) is 17.3 Å². The Morgan fingerprint density at radius 2 is 2.00 bits per heavy atom. The highest BCUT2D eigenvalue weighted by atomic mass is 16.5. The Labute approximate surface area is 136 Å². The minimum atomic E-state index is -0.207. The Bertz CT molecular complexity index is 659. The number of urea groups is 1. The highest BCUT2D eigenvalue weighted by Gasteiger charge is 2.14. The molecule has 0 saturated carbocycles. The molecule has 1 aliphatic rings. The molecule has 23 heavy (non-hydrogen) atoms. The van der Waals surface area contributed by atoms with Crippen LogP contribution in [0.15, 0.2) is 34.9 Å². The van der Waals surface area contributed by atoms with Gasteiger partial charge in [0.25, 0.3) is 0 Å². The summed E-state index contributed by atoms with van der Waals surface area (Å²) >= 11 is 0. The van der Waals surface area contributed by atoms with E-state index in [-0.39, 0.29) is 6.03 Å². The van der Waals surface area contributed by atoms with Gasteiger partial charge in [0, 0.05) is 38.4 Å². The number of carbonyl (C=O) groups excluding carboxylic acids is 1. The molecule has 2 heterocycles. The van der Waals surface area contributed by atoms with Crippen molar-refractivity contribution in [3.8, 4) is 0 Å². The number of nitrogens with one attached hydrogen (secondary N) is 1. The van der Waals surface area contributed by atoms with E-state index in [4.69, 9.17) is 4.52 Å². The summed E-state index contributed by atoms with van der Waals surface area (Å²) in [4.78, 5) is 16.1. The third-order valence-electron chi connectivity index (χ3n) is 4.04. The molecule has 2 aromatic rings. The molecule has 6 nitrogen and oxygen atoms in total. The van der Waals surface area contributed by atoms with Crippen molar-refractivity contribution in [1.29, 1.82) is 0 Å². The SMILES string of the molecule is Cc1cc(NC(=O)N(C)Cc2ccc(N3CCCC3)cc2)no1. The summed E-state index contributed by atoms with van der Waals surface area (Å²) in [5.74, 6) is 1.10. The average Bonchev–Trinajstić information content (AvgIpc) is 3.20. The van der Waals surface area contributed by atoms with Crippen LogP contribution in [0.25, 0.3) is 0 Å². The van der Waals surface area contributed by atoms with E-state index in [1.165, 1.54) is 18.5 Å². The first-order valence-electron chi connectivity index (χ1n) is 7.91. The molecule has 0 radical (unpaired) electrons. The molecule has 0 unspecified atom stereocenters. The monoisotopic (exact) mass is 314 g/mol. The molecule has 6 heteroatoms. The number of hydrogen-bond acceptors (Lipinski definition) is 4. The quantitative estimate of drug-likeness (QED) is 0.941. The molecule has 1 aliphatic heterocycles. The molecule has 0 bridgehead atoms. The molecule has 1 aromatic carbocycles. The summed E-state index contributed by atoms with van der Waals surface area (Å²) < 4.78 is 4.94. The molecule has 1 saturated heterocycles. The number of anilines is 2. The first-order chi connectivity index (χ1) is 11.1. The molecule has 1 aromatic heterocycles. The molecule has 0 atom stereocenters. The number of aromatic nitrogens is 1. The third-order valence-corrected chi connectivity index (χ3v) is 4.04. The summed E-state index contributed by atoms with van der Waals surface area (Å²) in [6, 6.07) is 9.91. The molecule has 2 amide bonds. The van der Waals surface area contributed by atoms with Crippen LogP contribution in [0.3, 0.4) is 0 Å². The van der Waals surface area contributed by atoms with Crippen molar-refractivity contribution in [2.24, 2.45) is 0 Å². The van der Waals surface area contributed by atoms with E-state index in [0.717, 1.165) is 18.7 Å². The van der Waals surface area contributed by atoms with E-state index in [1.54, 1.807) is 24.9 Å². The number of carbonyl (C=O) groups is 1. The Hall–Kier alpha value is -2.50. The number of amides is 2. The van der Waals surface area contributed by atoms with Crippen LogP contribution in [0.2, 0.25) is 0 Å². The molecule has 0 aliphatic carbocycles. The molecular formula is C17H22N4O2. The lowest BCUT2D eigenvalue weighted by molar-refractivity contribution is 0.220. The van der Waals surface area contributed by atoms with Crippen molar-refractivity contribution in [2.75, 3.05) is 30.4 Å². The third kappa shape index (κ3) is 3.83. The Kier molecular flexibility index (Phi) is 4.50. The van der Waals surface area contributed by atoms with Crippen LogP contribution in [-0.4, -0.2) is 36.2 Å². The summed E-state index contributed by atoms with van der Waals surface area (Å²) in [6.45, 7) is 4.61. The van der Waals surface area contributed by atoms with Gasteiger partial charge in [-0.15, -0.1) is 0 Å². The van der Waals surface area contributed by atoms with Gasteiger partial charge in [0.2, 0.25) is 0 Å². The predicted molar refractivity (Wildman–Crippen MR) is 89.6 cm³/mol. The lowest BCUT2D eigenvalue weighted by Gasteiger charge is -2.20. The van der Waals surface area contributed by atoms with Gasteiger partial charge in [0.1, 0.15) is 5.76 Å². The first kappa shape index (κ1) is 15.4. The fraction of sp³-hybridized carbons (Fsp3) is 0.412. The van der Waals surface area contributed by atoms with Crippen LogP contribution in [0.1, 0.15) is 24.2 Å². The fourth-order valence-corrected chi connectivity index (χ4v) is 2.76.